The van der Waals surface area contributed by atoms with Crippen molar-refractivity contribution in [2.24, 2.45) is 0 Å². The summed E-state index contributed by atoms with van der Waals surface area (Å²) in [4.78, 5) is 14.5. The fourth-order valence-electron chi connectivity index (χ4n) is 1.51. The fraction of sp³-hybridized carbons (Fsp3) is 0.538. The molecule has 0 bridgehead atoms. The zero-order valence-electron chi connectivity index (χ0n) is 10.2. The van der Waals surface area contributed by atoms with Gasteiger partial charge in [-0.1, -0.05) is 32.6 Å². The number of hydrogen-bond donors (Lipinski definition) is 1. The van der Waals surface area contributed by atoms with Crippen molar-refractivity contribution in [3.05, 3.63) is 24.0 Å². The molecular formula is C13H19NO3. The van der Waals surface area contributed by atoms with E-state index >= 15 is 0 Å². The van der Waals surface area contributed by atoms with E-state index in [1.54, 1.807) is 6.20 Å². The van der Waals surface area contributed by atoms with Gasteiger partial charge in [-0.25, -0.2) is 4.79 Å². The molecule has 0 aliphatic rings. The highest BCUT2D eigenvalue weighted by molar-refractivity contribution is 5.87. The molecular weight excluding hydrogens is 218 g/mol. The Bertz CT molecular complexity index is 352. The van der Waals surface area contributed by atoms with Crippen LogP contribution in [0.3, 0.4) is 0 Å². The van der Waals surface area contributed by atoms with Gasteiger partial charge in [0.1, 0.15) is 5.75 Å². The lowest BCUT2D eigenvalue weighted by Crippen LogP contribution is -2.01. The Hall–Kier alpha value is -1.58. The molecule has 0 fully saturated rings. The highest BCUT2D eigenvalue weighted by atomic mass is 16.5. The van der Waals surface area contributed by atoms with Gasteiger partial charge >= 0.3 is 5.97 Å². The number of rotatable bonds is 8. The minimum Gasteiger partial charge on any atom is -0.492 e. The third-order valence-electron chi connectivity index (χ3n) is 2.48. The SMILES string of the molecule is CCCCCCCOc1cncc(C(=O)O)c1. The Balaban J connectivity index is 2.27. The third kappa shape index (κ3) is 5.33. The van der Waals surface area contributed by atoms with Gasteiger partial charge in [-0.05, 0) is 12.5 Å². The number of carboxylic acids is 1. The summed E-state index contributed by atoms with van der Waals surface area (Å²) in [5.74, 6) is -0.453. The van der Waals surface area contributed by atoms with Gasteiger partial charge in [-0.2, -0.15) is 0 Å². The average Bonchev–Trinajstić information content (AvgIpc) is 2.34. The molecule has 1 N–H and O–H groups in total. The molecule has 4 nitrogen and oxygen atoms in total. The van der Waals surface area contributed by atoms with Gasteiger partial charge in [0.05, 0.1) is 18.4 Å². The molecule has 94 valence electrons. The van der Waals surface area contributed by atoms with Crippen LogP contribution in [0.4, 0.5) is 0 Å². The smallest absolute Gasteiger partial charge is 0.337 e. The molecule has 0 atom stereocenters. The first-order valence-electron chi connectivity index (χ1n) is 6.05. The molecule has 1 aromatic rings. The average molecular weight is 237 g/mol. The van der Waals surface area contributed by atoms with Crippen molar-refractivity contribution >= 4 is 5.97 Å². The van der Waals surface area contributed by atoms with E-state index in [0.717, 1.165) is 12.8 Å². The topological polar surface area (TPSA) is 59.4 Å². The summed E-state index contributed by atoms with van der Waals surface area (Å²) in [6.07, 6.45) is 8.72. The second-order valence-corrected chi connectivity index (χ2v) is 3.98. The summed E-state index contributed by atoms with van der Waals surface area (Å²) in [6.45, 7) is 2.80. The highest BCUT2D eigenvalue weighted by Crippen LogP contribution is 2.12. The van der Waals surface area contributed by atoms with Crippen molar-refractivity contribution in [1.82, 2.24) is 4.98 Å². The monoisotopic (exact) mass is 237 g/mol. The van der Waals surface area contributed by atoms with Crippen LogP contribution in [0.25, 0.3) is 0 Å². The molecule has 17 heavy (non-hydrogen) atoms. The van der Waals surface area contributed by atoms with E-state index in [-0.39, 0.29) is 5.56 Å². The number of aromatic nitrogens is 1. The van der Waals surface area contributed by atoms with Gasteiger partial charge in [0.15, 0.2) is 0 Å². The Morgan fingerprint density at radius 2 is 2.06 bits per heavy atom. The largest absolute Gasteiger partial charge is 0.492 e. The van der Waals surface area contributed by atoms with Crippen LogP contribution in [0.5, 0.6) is 5.75 Å². The minimum atomic E-state index is -0.981. The Labute approximate surface area is 102 Å². The van der Waals surface area contributed by atoms with E-state index in [0.29, 0.717) is 12.4 Å². The van der Waals surface area contributed by atoms with E-state index in [9.17, 15) is 4.79 Å². The quantitative estimate of drug-likeness (QED) is 0.706. The van der Waals surface area contributed by atoms with E-state index in [1.807, 2.05) is 0 Å². The number of pyridine rings is 1. The Kier molecular flexibility index (Phi) is 6.07. The zero-order valence-corrected chi connectivity index (χ0v) is 10.2. The number of carbonyl (C=O) groups is 1. The molecule has 0 aromatic carbocycles. The highest BCUT2D eigenvalue weighted by Gasteiger charge is 2.04. The standard InChI is InChI=1S/C13H19NO3/c1-2-3-4-5-6-7-17-12-8-11(13(15)16)9-14-10-12/h8-10H,2-7H2,1H3,(H,15,16). The maximum Gasteiger partial charge on any atom is 0.337 e. The van der Waals surface area contributed by atoms with Crippen LogP contribution in [0, 0.1) is 0 Å². The Morgan fingerprint density at radius 3 is 2.76 bits per heavy atom. The summed E-state index contributed by atoms with van der Waals surface area (Å²) in [5.41, 5.74) is 0.161. The zero-order chi connectivity index (χ0) is 12.5. The van der Waals surface area contributed by atoms with Crippen LogP contribution in [-0.2, 0) is 0 Å². The number of ether oxygens (including phenoxy) is 1. The molecule has 0 spiro atoms. The van der Waals surface area contributed by atoms with Gasteiger partial charge in [-0.15, -0.1) is 0 Å². The van der Waals surface area contributed by atoms with Crippen LogP contribution in [0.1, 0.15) is 49.4 Å². The van der Waals surface area contributed by atoms with Gasteiger partial charge in [0.2, 0.25) is 0 Å². The van der Waals surface area contributed by atoms with Crippen molar-refractivity contribution in [3.8, 4) is 5.75 Å². The molecule has 0 unspecified atom stereocenters. The maximum absolute atomic E-state index is 10.7. The van der Waals surface area contributed by atoms with Gasteiger partial charge in [0.25, 0.3) is 0 Å². The summed E-state index contributed by atoms with van der Waals surface area (Å²) >= 11 is 0. The van der Waals surface area contributed by atoms with E-state index in [4.69, 9.17) is 9.84 Å². The lowest BCUT2D eigenvalue weighted by Gasteiger charge is -2.05. The molecule has 0 aliphatic heterocycles. The molecule has 0 saturated carbocycles. The summed E-state index contributed by atoms with van der Waals surface area (Å²) in [7, 11) is 0. The van der Waals surface area contributed by atoms with Crippen molar-refractivity contribution in [1.29, 1.82) is 0 Å². The van der Waals surface area contributed by atoms with Crippen molar-refractivity contribution in [3.63, 3.8) is 0 Å². The molecule has 1 heterocycles. The lowest BCUT2D eigenvalue weighted by atomic mass is 10.2. The molecule has 0 amide bonds. The van der Waals surface area contributed by atoms with Crippen LogP contribution >= 0.6 is 0 Å². The third-order valence-corrected chi connectivity index (χ3v) is 2.48. The lowest BCUT2D eigenvalue weighted by molar-refractivity contribution is 0.0696. The van der Waals surface area contributed by atoms with Crippen LogP contribution in [-0.4, -0.2) is 22.7 Å². The summed E-state index contributed by atoms with van der Waals surface area (Å²) in [5, 5.41) is 8.78. The molecule has 0 saturated heterocycles. The first-order valence-corrected chi connectivity index (χ1v) is 6.05. The first kappa shape index (κ1) is 13.5. The van der Waals surface area contributed by atoms with Crippen LogP contribution in [0.2, 0.25) is 0 Å². The first-order chi connectivity index (χ1) is 8.24. The predicted molar refractivity (Wildman–Crippen MR) is 65.5 cm³/mol. The summed E-state index contributed by atoms with van der Waals surface area (Å²) < 4.78 is 5.45. The number of nitrogens with zero attached hydrogens (tertiary/aromatic N) is 1. The van der Waals surface area contributed by atoms with Crippen molar-refractivity contribution < 1.29 is 14.6 Å². The molecule has 0 aliphatic carbocycles. The second-order valence-electron chi connectivity index (χ2n) is 3.98. The molecule has 4 heteroatoms. The molecule has 1 aromatic heterocycles. The number of aromatic carboxylic acids is 1. The number of carboxylic acid groups (broad SMARTS) is 1. The fourth-order valence-corrected chi connectivity index (χ4v) is 1.51. The Morgan fingerprint density at radius 1 is 1.29 bits per heavy atom. The molecule has 1 rings (SSSR count). The number of hydrogen-bond acceptors (Lipinski definition) is 3. The predicted octanol–water partition coefficient (Wildman–Crippen LogP) is 3.13. The normalized spacial score (nSPS) is 10.2. The minimum absolute atomic E-state index is 0.161. The maximum atomic E-state index is 10.7. The van der Waals surface area contributed by atoms with Gasteiger partial charge in [0, 0.05) is 6.20 Å². The van der Waals surface area contributed by atoms with E-state index < -0.39 is 5.97 Å². The second kappa shape index (κ2) is 7.65. The van der Waals surface area contributed by atoms with Crippen molar-refractivity contribution in [2.45, 2.75) is 39.0 Å². The van der Waals surface area contributed by atoms with E-state index in [2.05, 4.69) is 11.9 Å². The van der Waals surface area contributed by atoms with Crippen molar-refractivity contribution in [2.75, 3.05) is 6.61 Å². The van der Waals surface area contributed by atoms with Gasteiger partial charge in [-0.3, -0.25) is 4.98 Å². The van der Waals surface area contributed by atoms with Gasteiger partial charge < -0.3 is 9.84 Å². The van der Waals surface area contributed by atoms with Crippen LogP contribution < -0.4 is 4.74 Å². The van der Waals surface area contributed by atoms with E-state index in [1.165, 1.54) is 31.5 Å². The number of unbranched alkanes of at least 4 members (excludes halogenated alkanes) is 4. The summed E-state index contributed by atoms with van der Waals surface area (Å²) in [6, 6.07) is 1.50. The van der Waals surface area contributed by atoms with Crippen LogP contribution in [0.15, 0.2) is 18.5 Å². The molecule has 0 radical (unpaired) electrons.